The molecule has 1 saturated heterocycles. The third-order valence-electron chi connectivity index (χ3n) is 5.96. The Morgan fingerprint density at radius 3 is 2.62 bits per heavy atom. The number of aromatic nitrogens is 2. The van der Waals surface area contributed by atoms with Crippen molar-refractivity contribution in [1.29, 1.82) is 0 Å². The highest BCUT2D eigenvalue weighted by Crippen LogP contribution is 2.41. The van der Waals surface area contributed by atoms with Gasteiger partial charge >= 0.3 is 0 Å². The number of rotatable bonds is 6. The van der Waals surface area contributed by atoms with Crippen LogP contribution in [0.2, 0.25) is 0 Å². The molecule has 174 valence electrons. The largest absolute Gasteiger partial charge is 0.507 e. The summed E-state index contributed by atoms with van der Waals surface area (Å²) >= 11 is 0. The average Bonchev–Trinajstić information content (AvgIpc) is 3.46. The standard InChI is InChI=1S/C25H22FN3O5/c26-18-5-2-16(3-6-18)22-21(23(30)17-4-7-19-20(14-17)34-13-12-33-19)24(31)25(32)29(22)10-1-9-28-11-8-27-15-28/h2-8,11,14-15,22H,1,9-10,12-13H2,(H,30,31)/p+1. The number of carbonyl (C=O) groups excluding carboxylic acids is 2. The molecule has 5 rings (SSSR count). The van der Waals surface area contributed by atoms with Crippen LogP contribution in [0.4, 0.5) is 4.39 Å². The fourth-order valence-electron chi connectivity index (χ4n) is 4.33. The molecule has 2 aromatic carbocycles. The van der Waals surface area contributed by atoms with Crippen LogP contribution in [0.1, 0.15) is 23.6 Å². The minimum Gasteiger partial charge on any atom is -0.507 e. The number of likely N-dealkylation sites (tertiary alicyclic amines) is 1. The van der Waals surface area contributed by atoms with Crippen LogP contribution in [0.15, 0.2) is 66.8 Å². The summed E-state index contributed by atoms with van der Waals surface area (Å²) in [7, 11) is 0. The topological polar surface area (TPSA) is 95.7 Å². The van der Waals surface area contributed by atoms with Gasteiger partial charge in [-0.25, -0.2) is 8.96 Å². The quantitative estimate of drug-likeness (QED) is 0.253. The molecule has 2 N–H and O–H groups in total. The van der Waals surface area contributed by atoms with Gasteiger partial charge in [0, 0.05) is 18.5 Å². The number of nitrogens with one attached hydrogen (secondary N) is 1. The molecule has 2 aliphatic rings. The summed E-state index contributed by atoms with van der Waals surface area (Å²) in [4.78, 5) is 30.5. The first-order valence-corrected chi connectivity index (χ1v) is 11.0. The highest BCUT2D eigenvalue weighted by Gasteiger charge is 2.46. The second kappa shape index (κ2) is 9.01. The third kappa shape index (κ3) is 4.00. The van der Waals surface area contributed by atoms with Crippen LogP contribution < -0.4 is 14.0 Å². The number of carbonyl (C=O) groups is 2. The molecule has 1 unspecified atom stereocenters. The zero-order chi connectivity index (χ0) is 23.7. The molecule has 1 atom stereocenters. The summed E-state index contributed by atoms with van der Waals surface area (Å²) in [5.41, 5.74) is 0.828. The van der Waals surface area contributed by atoms with E-state index in [4.69, 9.17) is 9.47 Å². The molecule has 1 amide bonds. The number of hydrogen-bond acceptors (Lipinski definition) is 5. The second-order valence-corrected chi connectivity index (χ2v) is 8.11. The van der Waals surface area contributed by atoms with Crippen molar-refractivity contribution in [3.63, 3.8) is 0 Å². The van der Waals surface area contributed by atoms with Crippen molar-refractivity contribution in [3.05, 3.63) is 83.7 Å². The lowest BCUT2D eigenvalue weighted by Crippen LogP contribution is -2.36. The van der Waals surface area contributed by atoms with Crippen LogP contribution in [0.5, 0.6) is 11.5 Å². The van der Waals surface area contributed by atoms with Crippen molar-refractivity contribution < 1.29 is 33.1 Å². The molecule has 3 heterocycles. The molecule has 9 heteroatoms. The Bertz CT molecular complexity index is 1250. The van der Waals surface area contributed by atoms with E-state index < -0.39 is 23.5 Å². The smallest absolute Gasteiger partial charge is 0.295 e. The maximum Gasteiger partial charge on any atom is 0.295 e. The molecule has 0 aliphatic carbocycles. The number of aryl methyl sites for hydroxylation is 1. The number of amides is 1. The van der Waals surface area contributed by atoms with Crippen LogP contribution in [0.3, 0.4) is 0 Å². The van der Waals surface area contributed by atoms with E-state index in [2.05, 4.69) is 4.98 Å². The molecule has 2 aliphatic heterocycles. The summed E-state index contributed by atoms with van der Waals surface area (Å²) in [6.07, 6.45) is 6.04. The fraction of sp³-hybridized carbons (Fsp3) is 0.240. The Morgan fingerprint density at radius 2 is 1.88 bits per heavy atom. The van der Waals surface area contributed by atoms with Gasteiger partial charge in [-0.1, -0.05) is 12.1 Å². The van der Waals surface area contributed by atoms with Crippen molar-refractivity contribution in [1.82, 2.24) is 9.88 Å². The molecule has 0 radical (unpaired) electrons. The minimum atomic E-state index is -0.843. The Labute approximate surface area is 194 Å². The number of benzene rings is 2. The number of fused-ring (bicyclic) bond motifs is 1. The van der Waals surface area contributed by atoms with Crippen LogP contribution in [0.25, 0.3) is 5.76 Å². The summed E-state index contributed by atoms with van der Waals surface area (Å²) < 4.78 is 26.7. The van der Waals surface area contributed by atoms with Gasteiger partial charge in [-0.2, -0.15) is 0 Å². The average molecular weight is 464 g/mol. The van der Waals surface area contributed by atoms with Gasteiger partial charge in [0.2, 0.25) is 6.33 Å². The number of Topliss-reactive ketones (excluding diaryl/α,β-unsaturated/α-hetero) is 1. The number of aromatic amines is 1. The van der Waals surface area contributed by atoms with E-state index in [1.807, 2.05) is 10.8 Å². The van der Waals surface area contributed by atoms with Gasteiger partial charge in [0.05, 0.1) is 18.2 Å². The normalized spacial score (nSPS) is 19.0. The first-order valence-electron chi connectivity index (χ1n) is 11.0. The van der Waals surface area contributed by atoms with E-state index in [9.17, 15) is 19.1 Å². The molecule has 0 saturated carbocycles. The number of nitrogens with zero attached hydrogens (tertiary/aromatic N) is 2. The van der Waals surface area contributed by atoms with Gasteiger partial charge < -0.3 is 19.5 Å². The van der Waals surface area contributed by atoms with E-state index >= 15 is 0 Å². The van der Waals surface area contributed by atoms with Crippen molar-refractivity contribution in [2.45, 2.75) is 19.0 Å². The number of ether oxygens (including phenoxy) is 2. The van der Waals surface area contributed by atoms with Gasteiger partial charge in [-0.3, -0.25) is 14.6 Å². The van der Waals surface area contributed by atoms with Crippen molar-refractivity contribution in [2.24, 2.45) is 0 Å². The third-order valence-corrected chi connectivity index (χ3v) is 5.96. The maximum absolute atomic E-state index is 13.6. The van der Waals surface area contributed by atoms with Gasteiger partial charge in [0.1, 0.15) is 37.2 Å². The van der Waals surface area contributed by atoms with E-state index in [1.54, 1.807) is 30.7 Å². The van der Waals surface area contributed by atoms with Crippen molar-refractivity contribution in [3.8, 4) is 11.5 Å². The molecular weight excluding hydrogens is 441 g/mol. The Balaban J connectivity index is 1.53. The van der Waals surface area contributed by atoms with Crippen molar-refractivity contribution in [2.75, 3.05) is 19.8 Å². The van der Waals surface area contributed by atoms with Gasteiger partial charge in [-0.15, -0.1) is 0 Å². The summed E-state index contributed by atoms with van der Waals surface area (Å²) in [5.74, 6) is -1.24. The number of halogens is 1. The van der Waals surface area contributed by atoms with Gasteiger partial charge in [-0.05, 0) is 35.9 Å². The van der Waals surface area contributed by atoms with Crippen LogP contribution >= 0.6 is 0 Å². The number of ketones is 1. The molecule has 8 nitrogen and oxygen atoms in total. The highest BCUT2D eigenvalue weighted by molar-refractivity contribution is 6.46. The zero-order valence-electron chi connectivity index (χ0n) is 18.2. The lowest BCUT2D eigenvalue weighted by Gasteiger charge is -2.25. The van der Waals surface area contributed by atoms with Gasteiger partial charge in [0.25, 0.3) is 11.7 Å². The Morgan fingerprint density at radius 1 is 1.12 bits per heavy atom. The molecule has 0 bridgehead atoms. The summed E-state index contributed by atoms with van der Waals surface area (Å²) in [5, 5.41) is 11.2. The Kier molecular flexibility index (Phi) is 5.75. The molecule has 34 heavy (non-hydrogen) atoms. The van der Waals surface area contributed by atoms with Gasteiger partial charge in [0.15, 0.2) is 11.5 Å². The fourth-order valence-corrected chi connectivity index (χ4v) is 4.33. The zero-order valence-corrected chi connectivity index (χ0v) is 18.2. The van der Waals surface area contributed by atoms with Crippen molar-refractivity contribution >= 4 is 17.4 Å². The maximum atomic E-state index is 13.6. The predicted molar refractivity (Wildman–Crippen MR) is 118 cm³/mol. The summed E-state index contributed by atoms with van der Waals surface area (Å²) in [6, 6.07) is 9.60. The first kappa shape index (κ1) is 21.7. The summed E-state index contributed by atoms with van der Waals surface area (Å²) in [6.45, 7) is 1.71. The molecule has 1 fully saturated rings. The van der Waals surface area contributed by atoms with Crippen LogP contribution in [-0.4, -0.2) is 46.4 Å². The SMILES string of the molecule is O=C1C(=O)N(CCC[n+]2cc[nH]c2)C(c2ccc(F)cc2)C1=C(O)c1ccc2c(c1)OCCO2. The van der Waals surface area contributed by atoms with Crippen LogP contribution in [-0.2, 0) is 16.1 Å². The van der Waals surface area contributed by atoms with E-state index in [0.717, 1.165) is 0 Å². The van der Waals surface area contributed by atoms with E-state index in [1.165, 1.54) is 29.2 Å². The first-order chi connectivity index (χ1) is 16.5. The lowest BCUT2D eigenvalue weighted by molar-refractivity contribution is -0.695. The number of imidazole rings is 1. The van der Waals surface area contributed by atoms with E-state index in [0.29, 0.717) is 48.8 Å². The minimum absolute atomic E-state index is 0.0393. The Hall–Kier alpha value is -4.14. The predicted octanol–water partition coefficient (Wildman–Crippen LogP) is 2.72. The number of aliphatic hydroxyl groups excluding tert-OH is 1. The molecule has 0 spiro atoms. The number of H-pyrrole nitrogens is 1. The molecule has 3 aromatic rings. The number of hydrogen-bond donors (Lipinski definition) is 2. The molecule has 1 aromatic heterocycles. The number of aliphatic hydroxyl groups is 1. The molecular formula is C25H23FN3O5+. The lowest BCUT2D eigenvalue weighted by atomic mass is 9.95. The highest BCUT2D eigenvalue weighted by atomic mass is 19.1. The van der Waals surface area contributed by atoms with Crippen LogP contribution in [0, 0.1) is 5.82 Å². The monoisotopic (exact) mass is 464 g/mol. The van der Waals surface area contributed by atoms with E-state index in [-0.39, 0.29) is 17.9 Å². The second-order valence-electron chi connectivity index (χ2n) is 8.11.